The number of benzene rings is 1. The van der Waals surface area contributed by atoms with Gasteiger partial charge < -0.3 is 5.73 Å². The summed E-state index contributed by atoms with van der Waals surface area (Å²) in [6, 6.07) is 7.15. The van der Waals surface area contributed by atoms with Crippen LogP contribution in [-0.4, -0.2) is 19.8 Å². The lowest BCUT2D eigenvalue weighted by molar-refractivity contribution is 0.469. The summed E-state index contributed by atoms with van der Waals surface area (Å²) in [7, 11) is -1.93. The first-order chi connectivity index (χ1) is 9.86. The van der Waals surface area contributed by atoms with Crippen LogP contribution in [0.3, 0.4) is 0 Å². The van der Waals surface area contributed by atoms with Crippen LogP contribution in [0.5, 0.6) is 0 Å². The van der Waals surface area contributed by atoms with Crippen LogP contribution in [0.1, 0.15) is 16.0 Å². The molecule has 1 heterocycles. The number of nitrogens with two attached hydrogens (primary N) is 1. The topological polar surface area (TPSA) is 63.4 Å². The molecule has 0 aliphatic heterocycles. The van der Waals surface area contributed by atoms with E-state index in [4.69, 9.17) is 5.73 Å². The molecule has 2 aromatic rings. The maximum Gasteiger partial charge on any atom is 0.243 e. The van der Waals surface area contributed by atoms with Gasteiger partial charge in [-0.05, 0) is 46.1 Å². The summed E-state index contributed by atoms with van der Waals surface area (Å²) in [6.07, 6.45) is 0. The second-order valence-corrected chi connectivity index (χ2v) is 8.66. The van der Waals surface area contributed by atoms with Gasteiger partial charge in [-0.25, -0.2) is 8.42 Å². The van der Waals surface area contributed by atoms with Crippen molar-refractivity contribution in [3.63, 3.8) is 0 Å². The minimum Gasteiger partial charge on any atom is -0.326 e. The van der Waals surface area contributed by atoms with Gasteiger partial charge in [0.15, 0.2) is 0 Å². The van der Waals surface area contributed by atoms with Crippen LogP contribution in [0.15, 0.2) is 39.0 Å². The molecule has 4 nitrogen and oxygen atoms in total. The second-order valence-electron chi connectivity index (χ2n) is 4.74. The van der Waals surface area contributed by atoms with E-state index in [0.717, 1.165) is 20.5 Å². The summed E-state index contributed by atoms with van der Waals surface area (Å²) in [5.74, 6) is 0. The highest BCUT2D eigenvalue weighted by atomic mass is 79.9. The Morgan fingerprint density at radius 3 is 2.67 bits per heavy atom. The third-order valence-electron chi connectivity index (χ3n) is 3.30. The quantitative estimate of drug-likeness (QED) is 0.855. The monoisotopic (exact) mass is 388 g/mol. The van der Waals surface area contributed by atoms with Crippen LogP contribution < -0.4 is 5.73 Å². The molecule has 1 aromatic carbocycles. The van der Waals surface area contributed by atoms with Crippen LogP contribution >= 0.6 is 27.3 Å². The van der Waals surface area contributed by atoms with Crippen LogP contribution in [0.2, 0.25) is 0 Å². The van der Waals surface area contributed by atoms with Crippen molar-refractivity contribution < 1.29 is 8.42 Å². The van der Waals surface area contributed by atoms with Crippen LogP contribution in [-0.2, 0) is 23.1 Å². The van der Waals surface area contributed by atoms with E-state index in [0.29, 0.717) is 18.0 Å². The number of halogens is 1. The zero-order valence-electron chi connectivity index (χ0n) is 11.8. The molecule has 114 valence electrons. The van der Waals surface area contributed by atoms with Gasteiger partial charge >= 0.3 is 0 Å². The SMILES string of the molecule is Cc1c(CN)cccc1S(=O)(=O)N(C)Cc1cc(Br)cs1. The Balaban J connectivity index is 2.33. The Bertz CT molecular complexity index is 741. The van der Waals surface area contributed by atoms with E-state index in [-0.39, 0.29) is 0 Å². The van der Waals surface area contributed by atoms with Gasteiger partial charge in [-0.3, -0.25) is 0 Å². The number of rotatable bonds is 5. The zero-order chi connectivity index (χ0) is 15.6. The van der Waals surface area contributed by atoms with Gasteiger partial charge in [0.2, 0.25) is 10.0 Å². The van der Waals surface area contributed by atoms with Gasteiger partial charge in [0.25, 0.3) is 0 Å². The van der Waals surface area contributed by atoms with Gasteiger partial charge in [0, 0.05) is 34.9 Å². The fourth-order valence-corrected chi connectivity index (χ4v) is 5.07. The van der Waals surface area contributed by atoms with Gasteiger partial charge in [0.05, 0.1) is 4.90 Å². The predicted octanol–water partition coefficient (Wildman–Crippen LogP) is 3.10. The van der Waals surface area contributed by atoms with E-state index in [2.05, 4.69) is 15.9 Å². The summed E-state index contributed by atoms with van der Waals surface area (Å²) in [5.41, 5.74) is 7.23. The average Bonchev–Trinajstić information content (AvgIpc) is 2.84. The van der Waals surface area contributed by atoms with Crippen molar-refractivity contribution >= 4 is 37.3 Å². The molecule has 0 atom stereocenters. The number of nitrogens with zero attached hydrogens (tertiary/aromatic N) is 1. The Morgan fingerprint density at radius 2 is 2.10 bits per heavy atom. The smallest absolute Gasteiger partial charge is 0.243 e. The van der Waals surface area contributed by atoms with E-state index in [1.807, 2.05) is 17.5 Å². The van der Waals surface area contributed by atoms with Crippen molar-refractivity contribution in [1.29, 1.82) is 0 Å². The minimum absolute atomic E-state index is 0.323. The molecule has 0 saturated heterocycles. The Hall–Kier alpha value is -0.730. The molecule has 0 bridgehead atoms. The van der Waals surface area contributed by atoms with Crippen LogP contribution in [0.25, 0.3) is 0 Å². The lowest BCUT2D eigenvalue weighted by atomic mass is 10.1. The lowest BCUT2D eigenvalue weighted by Crippen LogP contribution is -2.27. The fraction of sp³-hybridized carbons (Fsp3) is 0.286. The Kier molecular flexibility index (Phi) is 5.21. The number of sulfonamides is 1. The van der Waals surface area contributed by atoms with Crippen molar-refractivity contribution in [2.45, 2.75) is 24.9 Å². The summed E-state index contributed by atoms with van der Waals surface area (Å²) < 4.78 is 27.8. The maximum atomic E-state index is 12.7. The molecule has 21 heavy (non-hydrogen) atoms. The Labute approximate surface area is 137 Å². The first-order valence-electron chi connectivity index (χ1n) is 6.34. The van der Waals surface area contributed by atoms with Crippen molar-refractivity contribution in [1.82, 2.24) is 4.31 Å². The second kappa shape index (κ2) is 6.58. The van der Waals surface area contributed by atoms with Gasteiger partial charge in [-0.15, -0.1) is 11.3 Å². The van der Waals surface area contributed by atoms with E-state index >= 15 is 0 Å². The maximum absolute atomic E-state index is 12.7. The molecular formula is C14H17BrN2O2S2. The number of thiophene rings is 1. The first kappa shape index (κ1) is 16.6. The molecule has 7 heteroatoms. The number of hydrogen-bond donors (Lipinski definition) is 1. The third kappa shape index (κ3) is 3.54. The summed E-state index contributed by atoms with van der Waals surface area (Å²) >= 11 is 4.90. The molecule has 0 fully saturated rings. The lowest BCUT2D eigenvalue weighted by Gasteiger charge is -2.19. The van der Waals surface area contributed by atoms with Crippen LogP contribution in [0, 0.1) is 6.92 Å². The highest BCUT2D eigenvalue weighted by Gasteiger charge is 2.24. The molecule has 0 radical (unpaired) electrons. The molecule has 0 amide bonds. The normalized spacial score (nSPS) is 12.0. The summed E-state index contributed by atoms with van der Waals surface area (Å²) in [5, 5.41) is 1.94. The van der Waals surface area contributed by atoms with Crippen molar-refractivity contribution in [2.24, 2.45) is 5.73 Å². The third-order valence-corrected chi connectivity index (χ3v) is 6.93. The zero-order valence-corrected chi connectivity index (χ0v) is 15.1. The predicted molar refractivity (Wildman–Crippen MR) is 89.7 cm³/mol. The molecule has 0 unspecified atom stereocenters. The molecule has 0 aliphatic carbocycles. The highest BCUT2D eigenvalue weighted by molar-refractivity contribution is 9.10. The van der Waals surface area contributed by atoms with E-state index < -0.39 is 10.0 Å². The van der Waals surface area contributed by atoms with Crippen LogP contribution in [0.4, 0.5) is 0 Å². The van der Waals surface area contributed by atoms with Gasteiger partial charge in [-0.1, -0.05) is 12.1 Å². The molecule has 0 spiro atoms. The highest BCUT2D eigenvalue weighted by Crippen LogP contribution is 2.25. The molecule has 0 saturated carbocycles. The van der Waals surface area contributed by atoms with Gasteiger partial charge in [-0.2, -0.15) is 4.31 Å². The number of hydrogen-bond acceptors (Lipinski definition) is 4. The van der Waals surface area contributed by atoms with Crippen molar-refractivity contribution in [3.8, 4) is 0 Å². The van der Waals surface area contributed by atoms with E-state index in [1.165, 1.54) is 15.6 Å². The summed E-state index contributed by atoms with van der Waals surface area (Å²) in [6.45, 7) is 2.48. The first-order valence-corrected chi connectivity index (χ1v) is 9.45. The fourth-order valence-electron chi connectivity index (χ4n) is 2.07. The molecule has 1 aromatic heterocycles. The molecular weight excluding hydrogens is 372 g/mol. The van der Waals surface area contributed by atoms with Gasteiger partial charge in [0.1, 0.15) is 0 Å². The molecule has 2 rings (SSSR count). The van der Waals surface area contributed by atoms with Crippen molar-refractivity contribution in [3.05, 3.63) is 50.1 Å². The molecule has 2 N–H and O–H groups in total. The standard InChI is InChI=1S/C14H17BrN2O2S2/c1-10-11(7-16)4-3-5-14(10)21(18,19)17(2)8-13-6-12(15)9-20-13/h3-6,9H,7-8,16H2,1-2H3. The van der Waals surface area contributed by atoms with E-state index in [1.54, 1.807) is 26.1 Å². The van der Waals surface area contributed by atoms with E-state index in [9.17, 15) is 8.42 Å². The van der Waals surface area contributed by atoms with Crippen molar-refractivity contribution in [2.75, 3.05) is 7.05 Å². The Morgan fingerprint density at radius 1 is 1.38 bits per heavy atom. The molecule has 0 aliphatic rings. The largest absolute Gasteiger partial charge is 0.326 e. The summed E-state index contributed by atoms with van der Waals surface area (Å²) in [4.78, 5) is 1.31. The average molecular weight is 389 g/mol. The minimum atomic E-state index is -3.52.